The van der Waals surface area contributed by atoms with E-state index in [1.165, 1.54) is 17.0 Å². The molecule has 1 unspecified atom stereocenters. The Bertz CT molecular complexity index is 255. The maximum atomic E-state index is 4.41. The van der Waals surface area contributed by atoms with Crippen LogP contribution in [0.25, 0.3) is 0 Å². The van der Waals surface area contributed by atoms with Gasteiger partial charge in [-0.05, 0) is 19.3 Å². The van der Waals surface area contributed by atoms with Crippen molar-refractivity contribution in [3.63, 3.8) is 0 Å². The van der Waals surface area contributed by atoms with Crippen molar-refractivity contribution in [1.29, 1.82) is 0 Å². The van der Waals surface area contributed by atoms with Gasteiger partial charge in [0.1, 0.15) is 0 Å². The minimum atomic E-state index is 0.643. The predicted molar refractivity (Wildman–Crippen MR) is 55.1 cm³/mol. The zero-order valence-electron chi connectivity index (χ0n) is 8.14. The SMILES string of the molecule is CCC(C)c1sc(NC)nc1C. The van der Waals surface area contributed by atoms with Crippen LogP contribution < -0.4 is 5.32 Å². The minimum Gasteiger partial charge on any atom is -0.365 e. The van der Waals surface area contributed by atoms with Crippen LogP contribution >= 0.6 is 11.3 Å². The Hall–Kier alpha value is -0.570. The van der Waals surface area contributed by atoms with Crippen LogP contribution in [0, 0.1) is 6.92 Å². The Morgan fingerprint density at radius 1 is 1.58 bits per heavy atom. The highest BCUT2D eigenvalue weighted by Crippen LogP contribution is 2.30. The third-order valence-corrected chi connectivity index (χ3v) is 3.51. The summed E-state index contributed by atoms with van der Waals surface area (Å²) in [6.45, 7) is 6.54. The van der Waals surface area contributed by atoms with Gasteiger partial charge in [-0.3, -0.25) is 0 Å². The quantitative estimate of drug-likeness (QED) is 0.781. The van der Waals surface area contributed by atoms with Gasteiger partial charge in [-0.2, -0.15) is 0 Å². The fourth-order valence-corrected chi connectivity index (χ4v) is 2.21. The number of anilines is 1. The molecule has 0 saturated carbocycles. The molecule has 0 spiro atoms. The Kier molecular flexibility index (Phi) is 3.09. The molecule has 0 saturated heterocycles. The average Bonchev–Trinajstić information content (AvgIpc) is 2.45. The summed E-state index contributed by atoms with van der Waals surface area (Å²) in [6, 6.07) is 0. The van der Waals surface area contributed by atoms with E-state index < -0.39 is 0 Å². The maximum Gasteiger partial charge on any atom is 0.182 e. The topological polar surface area (TPSA) is 24.9 Å². The van der Waals surface area contributed by atoms with E-state index in [1.54, 1.807) is 11.3 Å². The van der Waals surface area contributed by atoms with Crippen LogP contribution in [0.3, 0.4) is 0 Å². The molecule has 0 fully saturated rings. The molecule has 1 rings (SSSR count). The second-order valence-electron chi connectivity index (χ2n) is 3.03. The number of nitrogens with one attached hydrogen (secondary N) is 1. The number of rotatable bonds is 3. The van der Waals surface area contributed by atoms with Gasteiger partial charge < -0.3 is 5.32 Å². The number of thiazole rings is 1. The lowest BCUT2D eigenvalue weighted by Gasteiger charge is -2.04. The summed E-state index contributed by atoms with van der Waals surface area (Å²) in [7, 11) is 1.92. The van der Waals surface area contributed by atoms with E-state index in [1.807, 2.05) is 7.05 Å². The molecular weight excluding hydrogens is 168 g/mol. The molecule has 68 valence electrons. The van der Waals surface area contributed by atoms with Crippen LogP contribution in [0.5, 0.6) is 0 Å². The Labute approximate surface area is 78.0 Å². The van der Waals surface area contributed by atoms with Crippen molar-refractivity contribution < 1.29 is 0 Å². The second kappa shape index (κ2) is 3.90. The van der Waals surface area contributed by atoms with Crippen molar-refractivity contribution in [2.24, 2.45) is 0 Å². The van der Waals surface area contributed by atoms with Gasteiger partial charge in [-0.15, -0.1) is 11.3 Å². The van der Waals surface area contributed by atoms with Gasteiger partial charge in [0.15, 0.2) is 5.13 Å². The van der Waals surface area contributed by atoms with Crippen LogP contribution in [0.4, 0.5) is 5.13 Å². The summed E-state index contributed by atoms with van der Waals surface area (Å²) in [6.07, 6.45) is 1.19. The molecule has 12 heavy (non-hydrogen) atoms. The average molecular weight is 184 g/mol. The van der Waals surface area contributed by atoms with Crippen molar-refractivity contribution in [3.8, 4) is 0 Å². The van der Waals surface area contributed by atoms with E-state index >= 15 is 0 Å². The van der Waals surface area contributed by atoms with E-state index in [0.717, 1.165) is 5.13 Å². The standard InChI is InChI=1S/C9H16N2S/c1-5-6(2)8-7(3)11-9(10-4)12-8/h6H,5H2,1-4H3,(H,10,11). The highest BCUT2D eigenvalue weighted by Gasteiger charge is 2.11. The third-order valence-electron chi connectivity index (χ3n) is 2.11. The molecular formula is C9H16N2S. The van der Waals surface area contributed by atoms with Crippen LogP contribution in [-0.4, -0.2) is 12.0 Å². The van der Waals surface area contributed by atoms with Crippen molar-refractivity contribution in [3.05, 3.63) is 10.6 Å². The summed E-state index contributed by atoms with van der Waals surface area (Å²) >= 11 is 1.77. The Morgan fingerprint density at radius 3 is 2.67 bits per heavy atom. The molecule has 0 aliphatic rings. The number of hydrogen-bond donors (Lipinski definition) is 1. The summed E-state index contributed by atoms with van der Waals surface area (Å²) in [5.74, 6) is 0.643. The van der Waals surface area contributed by atoms with Gasteiger partial charge >= 0.3 is 0 Å². The van der Waals surface area contributed by atoms with Gasteiger partial charge in [0.05, 0.1) is 5.69 Å². The number of aryl methyl sites for hydroxylation is 1. The normalized spacial score (nSPS) is 13.0. The van der Waals surface area contributed by atoms with E-state index in [9.17, 15) is 0 Å². The maximum absolute atomic E-state index is 4.41. The van der Waals surface area contributed by atoms with Crippen molar-refractivity contribution in [2.75, 3.05) is 12.4 Å². The molecule has 1 aromatic rings. The molecule has 3 heteroatoms. The first-order valence-electron chi connectivity index (χ1n) is 4.34. The Morgan fingerprint density at radius 2 is 2.25 bits per heavy atom. The predicted octanol–water partition coefficient (Wildman–Crippen LogP) is 3.01. The largest absolute Gasteiger partial charge is 0.365 e. The summed E-state index contributed by atoms with van der Waals surface area (Å²) in [5.41, 5.74) is 1.18. The molecule has 0 aliphatic carbocycles. The monoisotopic (exact) mass is 184 g/mol. The van der Waals surface area contributed by atoms with E-state index in [-0.39, 0.29) is 0 Å². The highest BCUT2D eigenvalue weighted by atomic mass is 32.1. The molecule has 1 N–H and O–H groups in total. The molecule has 1 atom stereocenters. The fourth-order valence-electron chi connectivity index (χ4n) is 1.16. The molecule has 1 heterocycles. The molecule has 2 nitrogen and oxygen atoms in total. The first-order valence-corrected chi connectivity index (χ1v) is 5.15. The molecule has 1 aromatic heterocycles. The smallest absolute Gasteiger partial charge is 0.182 e. The lowest BCUT2D eigenvalue weighted by atomic mass is 10.1. The number of nitrogens with zero attached hydrogens (tertiary/aromatic N) is 1. The van der Waals surface area contributed by atoms with Crippen LogP contribution in [0.1, 0.15) is 36.8 Å². The molecule has 0 aliphatic heterocycles. The fraction of sp³-hybridized carbons (Fsp3) is 0.667. The zero-order valence-corrected chi connectivity index (χ0v) is 8.96. The zero-order chi connectivity index (χ0) is 9.14. The van der Waals surface area contributed by atoms with E-state index in [0.29, 0.717) is 5.92 Å². The Balaban J connectivity index is 2.91. The third kappa shape index (κ3) is 1.78. The summed E-state index contributed by atoms with van der Waals surface area (Å²) < 4.78 is 0. The molecule has 0 amide bonds. The molecule has 0 bridgehead atoms. The van der Waals surface area contributed by atoms with Crippen LogP contribution in [0.15, 0.2) is 0 Å². The number of aromatic nitrogens is 1. The molecule has 0 radical (unpaired) electrons. The van der Waals surface area contributed by atoms with Gasteiger partial charge in [-0.1, -0.05) is 13.8 Å². The van der Waals surface area contributed by atoms with Gasteiger partial charge in [0.2, 0.25) is 0 Å². The highest BCUT2D eigenvalue weighted by molar-refractivity contribution is 7.15. The van der Waals surface area contributed by atoms with Crippen molar-refractivity contribution in [1.82, 2.24) is 4.98 Å². The number of hydrogen-bond acceptors (Lipinski definition) is 3. The van der Waals surface area contributed by atoms with Crippen LogP contribution in [-0.2, 0) is 0 Å². The minimum absolute atomic E-state index is 0.643. The van der Waals surface area contributed by atoms with Gasteiger partial charge in [-0.25, -0.2) is 4.98 Å². The molecule has 0 aromatic carbocycles. The van der Waals surface area contributed by atoms with Gasteiger partial charge in [0, 0.05) is 11.9 Å². The summed E-state index contributed by atoms with van der Waals surface area (Å²) in [4.78, 5) is 5.82. The lowest BCUT2D eigenvalue weighted by Crippen LogP contribution is -1.89. The van der Waals surface area contributed by atoms with E-state index in [2.05, 4.69) is 31.1 Å². The van der Waals surface area contributed by atoms with Crippen LogP contribution in [0.2, 0.25) is 0 Å². The second-order valence-corrected chi connectivity index (χ2v) is 4.06. The summed E-state index contributed by atoms with van der Waals surface area (Å²) in [5, 5.41) is 4.10. The lowest BCUT2D eigenvalue weighted by molar-refractivity contribution is 0.740. The van der Waals surface area contributed by atoms with Crippen molar-refractivity contribution >= 4 is 16.5 Å². The van der Waals surface area contributed by atoms with Crippen molar-refractivity contribution in [2.45, 2.75) is 33.1 Å². The first-order chi connectivity index (χ1) is 5.69. The van der Waals surface area contributed by atoms with E-state index in [4.69, 9.17) is 0 Å². The first kappa shape index (κ1) is 9.52. The van der Waals surface area contributed by atoms with Gasteiger partial charge in [0.25, 0.3) is 0 Å².